The molecule has 74 valence electrons. The van der Waals surface area contributed by atoms with Gasteiger partial charge in [0.25, 0.3) is 0 Å². The number of rotatable bonds is 0. The van der Waals surface area contributed by atoms with Crippen LogP contribution in [-0.4, -0.2) is 8.42 Å². The molecule has 4 heteroatoms. The second-order valence-corrected chi connectivity index (χ2v) is 5.10. The second kappa shape index (κ2) is 2.67. The van der Waals surface area contributed by atoms with Gasteiger partial charge in [0.05, 0.1) is 0 Å². The molecule has 1 aliphatic heterocycles. The lowest BCUT2D eigenvalue weighted by molar-refractivity contribution is 0.615. The fourth-order valence-electron chi connectivity index (χ4n) is 1.59. The van der Waals surface area contributed by atoms with Crippen LogP contribution in [0.4, 0.5) is 4.39 Å². The van der Waals surface area contributed by atoms with Gasteiger partial charge < -0.3 is 0 Å². The van der Waals surface area contributed by atoms with Crippen molar-refractivity contribution >= 4 is 20.7 Å². The lowest BCUT2D eigenvalue weighted by atomic mass is 10.1. The predicted molar refractivity (Wildman–Crippen MR) is 53.0 cm³/mol. The SMILES string of the molecule is Cc1cc(F)c(C)c2c1=CS(=O)(=O)C=2. The van der Waals surface area contributed by atoms with Crippen molar-refractivity contribution < 1.29 is 12.8 Å². The third-order valence-electron chi connectivity index (χ3n) is 2.38. The van der Waals surface area contributed by atoms with Gasteiger partial charge in [-0.05, 0) is 36.3 Å². The van der Waals surface area contributed by atoms with Crippen LogP contribution in [0.2, 0.25) is 0 Å². The number of sulfone groups is 1. The first-order valence-electron chi connectivity index (χ1n) is 4.15. The Morgan fingerprint density at radius 3 is 2.36 bits per heavy atom. The highest BCUT2D eigenvalue weighted by molar-refractivity contribution is 8.06. The Hall–Kier alpha value is -1.16. The lowest BCUT2D eigenvalue weighted by Gasteiger charge is -1.98. The molecule has 0 bridgehead atoms. The molecule has 0 spiro atoms. The Labute approximate surface area is 81.3 Å². The third kappa shape index (κ3) is 1.26. The quantitative estimate of drug-likeness (QED) is 0.621. The van der Waals surface area contributed by atoms with Crippen molar-refractivity contribution in [2.24, 2.45) is 0 Å². The topological polar surface area (TPSA) is 34.1 Å². The summed E-state index contributed by atoms with van der Waals surface area (Å²) in [5, 5.41) is 3.41. The molecule has 0 unspecified atom stereocenters. The number of hydrogen-bond acceptors (Lipinski definition) is 2. The maximum absolute atomic E-state index is 13.3. The van der Waals surface area contributed by atoms with Crippen molar-refractivity contribution in [1.29, 1.82) is 0 Å². The number of aryl methyl sites for hydroxylation is 1. The highest BCUT2D eigenvalue weighted by Gasteiger charge is 2.14. The Morgan fingerprint density at radius 1 is 1.14 bits per heavy atom. The summed E-state index contributed by atoms with van der Waals surface area (Å²) in [6, 6.07) is 1.36. The van der Waals surface area contributed by atoms with E-state index in [1.807, 2.05) is 0 Å². The summed E-state index contributed by atoms with van der Waals surface area (Å²) < 4.78 is 35.8. The van der Waals surface area contributed by atoms with Crippen LogP contribution < -0.4 is 10.4 Å². The monoisotopic (exact) mass is 212 g/mol. The first kappa shape index (κ1) is 9.40. The number of benzene rings is 1. The Balaban J connectivity index is 3.09. The maximum Gasteiger partial charge on any atom is 0.194 e. The maximum atomic E-state index is 13.3. The van der Waals surface area contributed by atoms with Gasteiger partial charge in [-0.15, -0.1) is 0 Å². The van der Waals surface area contributed by atoms with Gasteiger partial charge >= 0.3 is 0 Å². The molecular weight excluding hydrogens is 203 g/mol. The minimum absolute atomic E-state index is 0.358. The summed E-state index contributed by atoms with van der Waals surface area (Å²) in [6.45, 7) is 3.28. The van der Waals surface area contributed by atoms with Crippen molar-refractivity contribution in [3.63, 3.8) is 0 Å². The zero-order valence-corrected chi connectivity index (χ0v) is 8.65. The highest BCUT2D eigenvalue weighted by Crippen LogP contribution is 2.06. The summed E-state index contributed by atoms with van der Waals surface area (Å²) in [7, 11) is -3.28. The Bertz CT molecular complexity index is 627. The summed E-state index contributed by atoms with van der Waals surface area (Å²) in [4.78, 5) is 0. The smallest absolute Gasteiger partial charge is 0.194 e. The van der Waals surface area contributed by atoms with Gasteiger partial charge in [0.15, 0.2) is 9.84 Å². The summed E-state index contributed by atoms with van der Waals surface area (Å²) in [5.41, 5.74) is 1.04. The largest absolute Gasteiger partial charge is 0.220 e. The molecule has 14 heavy (non-hydrogen) atoms. The molecule has 0 saturated heterocycles. The predicted octanol–water partition coefficient (Wildman–Crippen LogP) is 0.347. The third-order valence-corrected chi connectivity index (χ3v) is 3.51. The van der Waals surface area contributed by atoms with E-state index >= 15 is 0 Å². The van der Waals surface area contributed by atoms with E-state index in [1.54, 1.807) is 13.8 Å². The molecule has 0 amide bonds. The van der Waals surface area contributed by atoms with Crippen LogP contribution in [0, 0.1) is 19.7 Å². The van der Waals surface area contributed by atoms with E-state index < -0.39 is 9.84 Å². The van der Waals surface area contributed by atoms with Crippen LogP contribution in [0.25, 0.3) is 10.8 Å². The Morgan fingerprint density at radius 2 is 1.71 bits per heavy atom. The molecule has 1 heterocycles. The van der Waals surface area contributed by atoms with E-state index in [4.69, 9.17) is 0 Å². The molecule has 2 rings (SSSR count). The molecule has 1 aliphatic rings. The second-order valence-electron chi connectivity index (χ2n) is 3.45. The standard InChI is InChI=1S/C10H9FO2S/c1-6-3-10(11)7(2)9-5-14(12,13)4-8(6)9/h3-5H,1-2H3. The van der Waals surface area contributed by atoms with Gasteiger partial charge in [0.1, 0.15) is 5.82 Å². The van der Waals surface area contributed by atoms with Crippen LogP contribution in [0.15, 0.2) is 6.07 Å². The van der Waals surface area contributed by atoms with Crippen LogP contribution in [-0.2, 0) is 9.84 Å². The first-order valence-corrected chi connectivity index (χ1v) is 5.76. The van der Waals surface area contributed by atoms with Gasteiger partial charge in [-0.25, -0.2) is 12.8 Å². The summed E-state index contributed by atoms with van der Waals surface area (Å²) >= 11 is 0. The van der Waals surface area contributed by atoms with E-state index in [9.17, 15) is 12.8 Å². The molecule has 0 saturated carbocycles. The molecule has 0 fully saturated rings. The normalized spacial score (nSPS) is 17.1. The average molecular weight is 212 g/mol. The zero-order valence-electron chi connectivity index (χ0n) is 7.83. The fourth-order valence-corrected chi connectivity index (χ4v) is 2.93. The van der Waals surface area contributed by atoms with Gasteiger partial charge in [-0.1, -0.05) is 0 Å². The van der Waals surface area contributed by atoms with Gasteiger partial charge in [-0.3, -0.25) is 0 Å². The van der Waals surface area contributed by atoms with Gasteiger partial charge in [0.2, 0.25) is 0 Å². The van der Waals surface area contributed by atoms with E-state index in [0.29, 0.717) is 21.6 Å². The van der Waals surface area contributed by atoms with E-state index in [0.717, 1.165) is 5.41 Å². The summed E-state index contributed by atoms with van der Waals surface area (Å²) in [5.74, 6) is -0.358. The van der Waals surface area contributed by atoms with Crippen molar-refractivity contribution in [2.45, 2.75) is 13.8 Å². The zero-order chi connectivity index (χ0) is 10.5. The van der Waals surface area contributed by atoms with E-state index in [1.165, 1.54) is 11.5 Å². The fraction of sp³-hybridized carbons (Fsp3) is 0.200. The number of hydrogen-bond donors (Lipinski definition) is 0. The van der Waals surface area contributed by atoms with Crippen LogP contribution in [0.5, 0.6) is 0 Å². The molecule has 0 aliphatic carbocycles. The molecule has 0 atom stereocenters. The Kier molecular flexibility index (Phi) is 1.79. The van der Waals surface area contributed by atoms with E-state index in [-0.39, 0.29) is 5.82 Å². The van der Waals surface area contributed by atoms with Gasteiger partial charge in [-0.2, -0.15) is 0 Å². The summed E-state index contributed by atoms with van der Waals surface area (Å²) in [6.07, 6.45) is 0. The molecule has 1 aromatic carbocycles. The van der Waals surface area contributed by atoms with Crippen molar-refractivity contribution in [2.75, 3.05) is 0 Å². The van der Waals surface area contributed by atoms with Crippen molar-refractivity contribution in [3.8, 4) is 0 Å². The van der Waals surface area contributed by atoms with E-state index in [2.05, 4.69) is 0 Å². The first-order chi connectivity index (χ1) is 6.41. The molecule has 0 radical (unpaired) electrons. The van der Waals surface area contributed by atoms with Crippen LogP contribution in [0.1, 0.15) is 11.1 Å². The van der Waals surface area contributed by atoms with Crippen molar-refractivity contribution in [1.82, 2.24) is 0 Å². The van der Waals surface area contributed by atoms with Crippen LogP contribution >= 0.6 is 0 Å². The lowest BCUT2D eigenvalue weighted by Crippen LogP contribution is -2.28. The minimum atomic E-state index is -3.28. The molecular formula is C10H9FO2S. The van der Waals surface area contributed by atoms with Crippen molar-refractivity contribution in [3.05, 3.63) is 33.4 Å². The molecule has 1 aromatic rings. The molecule has 0 N–H and O–H groups in total. The number of fused-ring (bicyclic) bond motifs is 1. The average Bonchev–Trinajstić information content (AvgIpc) is 2.38. The van der Waals surface area contributed by atoms with Gasteiger partial charge in [0, 0.05) is 16.0 Å². The van der Waals surface area contributed by atoms with Crippen LogP contribution in [0.3, 0.4) is 0 Å². The minimum Gasteiger partial charge on any atom is -0.220 e. The molecule has 0 aromatic heterocycles. The highest BCUT2D eigenvalue weighted by atomic mass is 32.2. The number of halogens is 1. The molecule has 2 nitrogen and oxygen atoms in total.